The van der Waals surface area contributed by atoms with Gasteiger partial charge in [-0.15, -0.1) is 0 Å². The molecule has 34 heavy (non-hydrogen) atoms. The number of dihydropyridines is 1. The van der Waals surface area contributed by atoms with Crippen molar-refractivity contribution in [3.05, 3.63) is 81.8 Å². The summed E-state index contributed by atoms with van der Waals surface area (Å²) in [4.78, 5) is 30.9. The second kappa shape index (κ2) is 8.42. The number of benzene rings is 1. The Kier molecular flexibility index (Phi) is 5.87. The molecule has 0 fully saturated rings. The third kappa shape index (κ3) is 4.49. The summed E-state index contributed by atoms with van der Waals surface area (Å²) >= 11 is 0. The maximum atomic E-state index is 14.0. The molecule has 1 aromatic heterocycles. The first-order valence-electron chi connectivity index (χ1n) is 11.0. The van der Waals surface area contributed by atoms with Crippen LogP contribution in [-0.2, 0) is 15.8 Å². The van der Waals surface area contributed by atoms with Gasteiger partial charge in [0.15, 0.2) is 5.78 Å². The number of halogens is 3. The van der Waals surface area contributed by atoms with Crippen LogP contribution in [0, 0.1) is 12.3 Å². The number of hydrogen-bond donors (Lipinski definition) is 2. The van der Waals surface area contributed by atoms with E-state index in [1.807, 2.05) is 20.8 Å². The van der Waals surface area contributed by atoms with Gasteiger partial charge in [0.25, 0.3) is 5.91 Å². The highest BCUT2D eigenvalue weighted by Crippen LogP contribution is 2.49. The van der Waals surface area contributed by atoms with Gasteiger partial charge in [0.05, 0.1) is 5.56 Å². The number of allylic oxidation sites excluding steroid dienone is 3. The van der Waals surface area contributed by atoms with Crippen molar-refractivity contribution in [2.24, 2.45) is 5.41 Å². The summed E-state index contributed by atoms with van der Waals surface area (Å²) in [5.74, 6) is -1.73. The molecule has 2 N–H and O–H groups in total. The minimum atomic E-state index is -4.65. The highest BCUT2D eigenvalue weighted by Gasteiger charge is 2.45. The van der Waals surface area contributed by atoms with Gasteiger partial charge in [-0.05, 0) is 55.0 Å². The fraction of sp³-hybridized carbons (Fsp3) is 0.346. The van der Waals surface area contributed by atoms with Gasteiger partial charge in [0, 0.05) is 41.1 Å². The number of nitrogens with one attached hydrogen (secondary N) is 2. The number of carbonyl (C=O) groups is 2. The quantitative estimate of drug-likeness (QED) is 0.609. The molecule has 1 aliphatic heterocycles. The number of aromatic nitrogens is 1. The number of anilines is 1. The zero-order valence-corrected chi connectivity index (χ0v) is 19.4. The standard InChI is InChI=1S/C26H26F3N3O2/c1-14-9-10-30-20(11-14)32-24(34)21-15(2)31-18-12-25(3,4)13-19(33)23(18)22(21)16-7-5-6-8-17(16)26(27,28)29/h5-11,22,31H,12-13H2,1-4H3,(H,30,32,34)/t22-/m1/s1. The minimum absolute atomic E-state index is 0.0758. The molecule has 0 saturated heterocycles. The Labute approximate surface area is 196 Å². The molecule has 0 unspecified atom stereocenters. The zero-order valence-electron chi connectivity index (χ0n) is 19.4. The van der Waals surface area contributed by atoms with E-state index in [4.69, 9.17) is 0 Å². The molecule has 0 saturated carbocycles. The first-order valence-corrected chi connectivity index (χ1v) is 11.0. The van der Waals surface area contributed by atoms with Crippen LogP contribution in [0.3, 0.4) is 0 Å². The molecule has 0 radical (unpaired) electrons. The van der Waals surface area contributed by atoms with E-state index in [1.165, 1.54) is 24.4 Å². The predicted octanol–water partition coefficient (Wildman–Crippen LogP) is 5.65. The molecule has 2 aliphatic rings. The Morgan fingerprint density at radius 2 is 1.85 bits per heavy atom. The largest absolute Gasteiger partial charge is 0.416 e. The lowest BCUT2D eigenvalue weighted by molar-refractivity contribution is -0.138. The number of hydrogen-bond acceptors (Lipinski definition) is 4. The van der Waals surface area contributed by atoms with Crippen molar-refractivity contribution >= 4 is 17.5 Å². The minimum Gasteiger partial charge on any atom is -0.362 e. The van der Waals surface area contributed by atoms with E-state index in [9.17, 15) is 22.8 Å². The third-order valence-corrected chi connectivity index (χ3v) is 6.22. The van der Waals surface area contributed by atoms with Crippen molar-refractivity contribution in [2.45, 2.75) is 52.6 Å². The Balaban J connectivity index is 1.89. The first kappa shape index (κ1) is 23.7. The van der Waals surface area contributed by atoms with Gasteiger partial charge in [-0.3, -0.25) is 9.59 Å². The van der Waals surface area contributed by atoms with E-state index in [1.54, 1.807) is 19.1 Å². The van der Waals surface area contributed by atoms with Crippen LogP contribution < -0.4 is 10.6 Å². The summed E-state index contributed by atoms with van der Waals surface area (Å²) in [5.41, 5.74) is 0.837. The Bertz CT molecular complexity index is 1240. The number of alkyl halides is 3. The van der Waals surface area contributed by atoms with Gasteiger partial charge in [-0.25, -0.2) is 4.98 Å². The molecule has 2 aromatic rings. The van der Waals surface area contributed by atoms with Crippen molar-refractivity contribution in [1.29, 1.82) is 0 Å². The summed E-state index contributed by atoms with van der Waals surface area (Å²) in [5, 5.41) is 5.87. The van der Waals surface area contributed by atoms with E-state index >= 15 is 0 Å². The first-order chi connectivity index (χ1) is 15.9. The molecule has 178 valence electrons. The Morgan fingerprint density at radius 1 is 1.15 bits per heavy atom. The van der Waals surface area contributed by atoms with Crippen LogP contribution in [0.2, 0.25) is 0 Å². The lowest BCUT2D eigenvalue weighted by atomic mass is 9.68. The number of aryl methyl sites for hydroxylation is 1. The SMILES string of the molecule is CC1=C(C(=O)Nc2cc(C)ccn2)[C@@H](c2ccccc2C(F)(F)F)C2=C(CC(C)(C)CC2=O)N1. The van der Waals surface area contributed by atoms with E-state index < -0.39 is 23.6 Å². The van der Waals surface area contributed by atoms with Gasteiger partial charge in [-0.2, -0.15) is 13.2 Å². The van der Waals surface area contributed by atoms with Crippen molar-refractivity contribution in [3.63, 3.8) is 0 Å². The second-order valence-corrected chi connectivity index (χ2v) is 9.69. The van der Waals surface area contributed by atoms with E-state index in [0.29, 0.717) is 17.8 Å². The maximum absolute atomic E-state index is 14.0. The highest BCUT2D eigenvalue weighted by atomic mass is 19.4. The van der Waals surface area contributed by atoms with Crippen LogP contribution in [-0.4, -0.2) is 16.7 Å². The van der Waals surface area contributed by atoms with Crippen molar-refractivity contribution in [1.82, 2.24) is 10.3 Å². The number of amides is 1. The third-order valence-electron chi connectivity index (χ3n) is 6.22. The fourth-order valence-electron chi connectivity index (χ4n) is 4.84. The fourth-order valence-corrected chi connectivity index (χ4v) is 4.84. The summed E-state index contributed by atoms with van der Waals surface area (Å²) in [6.45, 7) is 7.38. The monoisotopic (exact) mass is 469 g/mol. The van der Waals surface area contributed by atoms with Gasteiger partial charge in [-0.1, -0.05) is 32.0 Å². The van der Waals surface area contributed by atoms with E-state index in [-0.39, 0.29) is 40.1 Å². The normalized spacial score (nSPS) is 20.1. The van der Waals surface area contributed by atoms with Gasteiger partial charge >= 0.3 is 6.18 Å². The molecule has 1 amide bonds. The van der Waals surface area contributed by atoms with E-state index in [2.05, 4.69) is 15.6 Å². The van der Waals surface area contributed by atoms with Gasteiger partial charge in [0.1, 0.15) is 5.82 Å². The highest BCUT2D eigenvalue weighted by molar-refractivity contribution is 6.09. The molecule has 1 aliphatic carbocycles. The summed E-state index contributed by atoms with van der Waals surface area (Å²) in [6, 6.07) is 8.58. The molecule has 2 heterocycles. The van der Waals surface area contributed by atoms with Crippen LogP contribution in [0.15, 0.2) is 65.1 Å². The number of rotatable bonds is 3. The van der Waals surface area contributed by atoms with Crippen LogP contribution >= 0.6 is 0 Å². The average molecular weight is 470 g/mol. The van der Waals surface area contributed by atoms with Crippen molar-refractivity contribution < 1.29 is 22.8 Å². The molecule has 0 bridgehead atoms. The number of carbonyl (C=O) groups excluding carboxylic acids is 2. The van der Waals surface area contributed by atoms with Crippen molar-refractivity contribution in [3.8, 4) is 0 Å². The molecule has 1 atom stereocenters. The molecule has 4 rings (SSSR count). The summed E-state index contributed by atoms with van der Waals surface area (Å²) < 4.78 is 42.1. The molecule has 0 spiro atoms. The smallest absolute Gasteiger partial charge is 0.362 e. The van der Waals surface area contributed by atoms with E-state index in [0.717, 1.165) is 11.6 Å². The molecule has 8 heteroatoms. The maximum Gasteiger partial charge on any atom is 0.416 e. The molecular formula is C26H26F3N3O2. The molecule has 1 aromatic carbocycles. The number of ketones is 1. The Morgan fingerprint density at radius 3 is 2.53 bits per heavy atom. The van der Waals surface area contributed by atoms with Crippen LogP contribution in [0.5, 0.6) is 0 Å². The van der Waals surface area contributed by atoms with Gasteiger partial charge < -0.3 is 10.6 Å². The Hall–Kier alpha value is -3.42. The van der Waals surface area contributed by atoms with Crippen molar-refractivity contribution in [2.75, 3.05) is 5.32 Å². The zero-order chi connectivity index (χ0) is 24.8. The summed E-state index contributed by atoms with van der Waals surface area (Å²) in [7, 11) is 0. The lowest BCUT2D eigenvalue weighted by Gasteiger charge is -2.40. The number of pyridine rings is 1. The van der Waals surface area contributed by atoms with Crippen LogP contribution in [0.4, 0.5) is 19.0 Å². The van der Waals surface area contributed by atoms with Gasteiger partial charge in [0.2, 0.25) is 0 Å². The second-order valence-electron chi connectivity index (χ2n) is 9.69. The molecular weight excluding hydrogens is 443 g/mol. The predicted molar refractivity (Wildman–Crippen MR) is 123 cm³/mol. The van der Waals surface area contributed by atoms with Crippen LogP contribution in [0.1, 0.15) is 56.2 Å². The molecule has 5 nitrogen and oxygen atoms in total. The summed E-state index contributed by atoms with van der Waals surface area (Å²) in [6.07, 6.45) is -2.43. The average Bonchev–Trinajstić information content (AvgIpc) is 2.71. The number of Topliss-reactive ketones (excluding diaryl/α,β-unsaturated/α-hetero) is 1. The number of nitrogens with zero attached hydrogens (tertiary/aromatic N) is 1. The topological polar surface area (TPSA) is 71.1 Å². The lowest BCUT2D eigenvalue weighted by Crippen LogP contribution is -2.39. The van der Waals surface area contributed by atoms with Crippen LogP contribution in [0.25, 0.3) is 0 Å².